The van der Waals surface area contributed by atoms with E-state index < -0.39 is 0 Å². The Morgan fingerprint density at radius 1 is 1.41 bits per heavy atom. The minimum absolute atomic E-state index is 0.0668. The molecule has 1 amide bonds. The molecule has 0 aliphatic carbocycles. The molecule has 0 aliphatic rings. The molecule has 1 aromatic rings. The van der Waals surface area contributed by atoms with E-state index in [9.17, 15) is 4.79 Å². The molecular weight excluding hydrogens is 346 g/mol. The second kappa shape index (κ2) is 6.55. The Morgan fingerprint density at radius 3 is 2.71 bits per heavy atom. The number of hydrogen-bond donors (Lipinski definition) is 1. The van der Waals surface area contributed by atoms with Gasteiger partial charge in [-0.15, -0.1) is 0 Å². The second-order valence-corrected chi connectivity index (χ2v) is 6.36. The van der Waals surface area contributed by atoms with Crippen molar-refractivity contribution < 1.29 is 4.79 Å². The van der Waals surface area contributed by atoms with Crippen molar-refractivity contribution in [2.75, 3.05) is 11.9 Å². The van der Waals surface area contributed by atoms with Gasteiger partial charge in [-0.1, -0.05) is 57.8 Å². The van der Waals surface area contributed by atoms with Gasteiger partial charge < -0.3 is 5.32 Å². The largest absolute Gasteiger partial charge is 0.355 e. The second-order valence-electron chi connectivity index (χ2n) is 4.88. The first-order chi connectivity index (χ1) is 7.93. The smallest absolute Gasteiger partial charge is 0.224 e. The molecule has 0 fully saturated rings. The van der Waals surface area contributed by atoms with E-state index in [1.807, 2.05) is 24.3 Å². The van der Waals surface area contributed by atoms with E-state index in [4.69, 9.17) is 0 Å². The van der Waals surface area contributed by atoms with Gasteiger partial charge in [-0.3, -0.25) is 4.79 Å². The van der Waals surface area contributed by atoms with E-state index in [2.05, 4.69) is 51.0 Å². The Hall–Kier alpha value is -0.350. The normalized spacial score (nSPS) is 11.3. The molecule has 0 aliphatic heterocycles. The maximum Gasteiger partial charge on any atom is 0.224 e. The van der Waals surface area contributed by atoms with E-state index >= 15 is 0 Å². The van der Waals surface area contributed by atoms with E-state index in [1.165, 1.54) is 0 Å². The summed E-state index contributed by atoms with van der Waals surface area (Å²) in [7, 11) is 0. The molecule has 2 nitrogen and oxygen atoms in total. The zero-order valence-electron chi connectivity index (χ0n) is 10.1. The van der Waals surface area contributed by atoms with E-state index in [1.54, 1.807) is 0 Å². The summed E-state index contributed by atoms with van der Waals surface area (Å²) >= 11 is 6.84. The third-order valence-corrected chi connectivity index (χ3v) is 4.39. The van der Waals surface area contributed by atoms with Gasteiger partial charge in [0.05, 0.1) is 6.42 Å². The highest BCUT2D eigenvalue weighted by Crippen LogP contribution is 2.16. The van der Waals surface area contributed by atoms with Crippen molar-refractivity contribution in [3.05, 3.63) is 34.3 Å². The minimum Gasteiger partial charge on any atom is -0.355 e. The van der Waals surface area contributed by atoms with Crippen molar-refractivity contribution in [2.45, 2.75) is 20.3 Å². The van der Waals surface area contributed by atoms with E-state index in [0.717, 1.165) is 15.4 Å². The summed E-state index contributed by atoms with van der Waals surface area (Å²) in [5.41, 5.74) is 1.11. The summed E-state index contributed by atoms with van der Waals surface area (Å²) in [5.74, 6) is 0.0668. The average molecular weight is 363 g/mol. The monoisotopic (exact) mass is 361 g/mol. The highest BCUT2D eigenvalue weighted by molar-refractivity contribution is 9.10. The first-order valence-corrected chi connectivity index (χ1v) is 7.41. The topological polar surface area (TPSA) is 29.1 Å². The molecule has 1 N–H and O–H groups in total. The summed E-state index contributed by atoms with van der Waals surface area (Å²) in [5, 5.41) is 3.83. The first-order valence-electron chi connectivity index (χ1n) is 5.50. The van der Waals surface area contributed by atoms with Crippen molar-refractivity contribution in [3.63, 3.8) is 0 Å². The van der Waals surface area contributed by atoms with Gasteiger partial charge in [-0.05, 0) is 23.1 Å². The maximum absolute atomic E-state index is 11.7. The van der Waals surface area contributed by atoms with E-state index in [-0.39, 0.29) is 11.3 Å². The Balaban J connectivity index is 2.45. The van der Waals surface area contributed by atoms with Gasteiger partial charge >= 0.3 is 0 Å². The summed E-state index contributed by atoms with van der Waals surface area (Å²) in [6, 6.07) is 7.82. The van der Waals surface area contributed by atoms with Crippen LogP contribution in [0.15, 0.2) is 28.7 Å². The molecule has 0 spiro atoms. The number of halogens is 2. The SMILES string of the molecule is CC(C)(CBr)CNC(=O)Cc1cccc(Br)c1. The highest BCUT2D eigenvalue weighted by Gasteiger charge is 2.16. The van der Waals surface area contributed by atoms with Crippen molar-refractivity contribution in [1.82, 2.24) is 5.32 Å². The van der Waals surface area contributed by atoms with Gasteiger partial charge in [0, 0.05) is 16.3 Å². The predicted molar refractivity (Wildman–Crippen MR) is 78.4 cm³/mol. The number of amides is 1. The van der Waals surface area contributed by atoms with Gasteiger partial charge in [0.15, 0.2) is 0 Å². The van der Waals surface area contributed by atoms with E-state index in [0.29, 0.717) is 13.0 Å². The third kappa shape index (κ3) is 5.68. The molecule has 1 aromatic carbocycles. The standard InChI is InChI=1S/C13H17Br2NO/c1-13(2,8-14)9-16-12(17)7-10-4-3-5-11(15)6-10/h3-6H,7-9H2,1-2H3,(H,16,17). The lowest BCUT2D eigenvalue weighted by atomic mass is 9.97. The molecule has 94 valence electrons. The molecule has 0 radical (unpaired) electrons. The molecule has 0 saturated heterocycles. The molecule has 1 rings (SSSR count). The summed E-state index contributed by atoms with van der Waals surface area (Å²) in [6.45, 7) is 4.91. The quantitative estimate of drug-likeness (QED) is 0.797. The first kappa shape index (κ1) is 14.7. The van der Waals surface area contributed by atoms with Crippen LogP contribution in [-0.4, -0.2) is 17.8 Å². The van der Waals surface area contributed by atoms with Crippen LogP contribution in [0, 0.1) is 5.41 Å². The number of rotatable bonds is 5. The number of nitrogens with one attached hydrogen (secondary N) is 1. The Kier molecular flexibility index (Phi) is 5.67. The lowest BCUT2D eigenvalue weighted by Crippen LogP contribution is -2.35. The summed E-state index contributed by atoms with van der Waals surface area (Å²) in [4.78, 5) is 11.7. The fourth-order valence-electron chi connectivity index (χ4n) is 1.28. The van der Waals surface area contributed by atoms with Crippen LogP contribution >= 0.6 is 31.9 Å². The molecule has 0 heterocycles. The summed E-state index contributed by atoms with van der Waals surface area (Å²) < 4.78 is 1.00. The number of benzene rings is 1. The number of hydrogen-bond acceptors (Lipinski definition) is 1. The zero-order chi connectivity index (χ0) is 12.9. The fourth-order valence-corrected chi connectivity index (χ4v) is 1.92. The van der Waals surface area contributed by atoms with Crippen molar-refractivity contribution >= 4 is 37.8 Å². The van der Waals surface area contributed by atoms with Crippen molar-refractivity contribution in [3.8, 4) is 0 Å². The van der Waals surface area contributed by atoms with Crippen molar-refractivity contribution in [2.24, 2.45) is 5.41 Å². The van der Waals surface area contributed by atoms with Crippen LogP contribution < -0.4 is 5.32 Å². The molecule has 0 aromatic heterocycles. The van der Waals surface area contributed by atoms with Gasteiger partial charge in [-0.2, -0.15) is 0 Å². The van der Waals surface area contributed by atoms with Crippen LogP contribution in [0.1, 0.15) is 19.4 Å². The van der Waals surface area contributed by atoms with Crippen LogP contribution in [0.5, 0.6) is 0 Å². The van der Waals surface area contributed by atoms with Crippen LogP contribution in [0.2, 0.25) is 0 Å². The average Bonchev–Trinajstić information content (AvgIpc) is 2.27. The van der Waals surface area contributed by atoms with Gasteiger partial charge in [0.25, 0.3) is 0 Å². The Morgan fingerprint density at radius 2 is 2.12 bits per heavy atom. The molecule has 4 heteroatoms. The molecular formula is C13H17Br2NO. The lowest BCUT2D eigenvalue weighted by Gasteiger charge is -2.21. The van der Waals surface area contributed by atoms with Gasteiger partial charge in [0.1, 0.15) is 0 Å². The highest BCUT2D eigenvalue weighted by atomic mass is 79.9. The summed E-state index contributed by atoms with van der Waals surface area (Å²) in [6.07, 6.45) is 0.428. The maximum atomic E-state index is 11.7. The van der Waals surface area contributed by atoms with Crippen LogP contribution in [0.3, 0.4) is 0 Å². The predicted octanol–water partition coefficient (Wildman–Crippen LogP) is 3.53. The number of carbonyl (C=O) groups excluding carboxylic acids is 1. The van der Waals surface area contributed by atoms with Gasteiger partial charge in [-0.25, -0.2) is 0 Å². The van der Waals surface area contributed by atoms with Crippen molar-refractivity contribution in [1.29, 1.82) is 0 Å². The fraction of sp³-hybridized carbons (Fsp3) is 0.462. The number of alkyl halides is 1. The molecule has 17 heavy (non-hydrogen) atoms. The zero-order valence-corrected chi connectivity index (χ0v) is 13.3. The third-order valence-electron chi connectivity index (χ3n) is 2.38. The van der Waals surface area contributed by atoms with Crippen LogP contribution in [-0.2, 0) is 11.2 Å². The molecule has 0 saturated carbocycles. The molecule has 0 unspecified atom stereocenters. The molecule has 0 bridgehead atoms. The van der Waals surface area contributed by atoms with Crippen LogP contribution in [0.4, 0.5) is 0 Å². The lowest BCUT2D eigenvalue weighted by molar-refractivity contribution is -0.120. The Bertz CT molecular complexity index is 391. The number of carbonyl (C=O) groups is 1. The van der Waals surface area contributed by atoms with Gasteiger partial charge in [0.2, 0.25) is 5.91 Å². The minimum atomic E-state index is 0.0668. The molecule has 0 atom stereocenters. The Labute approximate surface area is 119 Å². The van der Waals surface area contributed by atoms with Crippen LogP contribution in [0.25, 0.3) is 0 Å².